The average molecular weight is 293 g/mol. The fourth-order valence-corrected chi connectivity index (χ4v) is 2.02. The lowest BCUT2D eigenvalue weighted by molar-refractivity contribution is -0.116. The smallest absolute Gasteiger partial charge is 0.339 e. The molecule has 0 bridgehead atoms. The fourth-order valence-electron chi connectivity index (χ4n) is 2.02. The molecular weight excluding hydrogens is 270 g/mol. The van der Waals surface area contributed by atoms with Gasteiger partial charge in [0.05, 0.1) is 11.9 Å². The summed E-state index contributed by atoms with van der Waals surface area (Å²) >= 11 is 0. The Morgan fingerprint density at radius 3 is 2.48 bits per heavy atom. The number of carbonyl (C=O) groups excluding carboxylic acids is 1. The van der Waals surface area contributed by atoms with E-state index in [1.165, 1.54) is 12.3 Å². The minimum Gasteiger partial charge on any atom is -0.478 e. The Labute approximate surface area is 125 Å². The lowest BCUT2D eigenvalue weighted by Crippen LogP contribution is -2.25. The van der Waals surface area contributed by atoms with Crippen molar-refractivity contribution in [2.75, 3.05) is 23.3 Å². The first-order valence-electron chi connectivity index (χ1n) is 7.31. The number of carbonyl (C=O) groups is 2. The van der Waals surface area contributed by atoms with Crippen molar-refractivity contribution in [3.63, 3.8) is 0 Å². The van der Waals surface area contributed by atoms with Crippen LogP contribution in [0.5, 0.6) is 0 Å². The molecule has 0 aliphatic carbocycles. The summed E-state index contributed by atoms with van der Waals surface area (Å²) < 4.78 is 0. The number of unbranched alkanes of at least 4 members (excludes halogenated alkanes) is 1. The van der Waals surface area contributed by atoms with Gasteiger partial charge in [-0.05, 0) is 26.3 Å². The number of rotatable bonds is 8. The van der Waals surface area contributed by atoms with Gasteiger partial charge < -0.3 is 15.3 Å². The normalized spacial score (nSPS) is 10.2. The standard InChI is InChI=1S/C15H23N3O3/c1-4-7-8-13(19)17-11-9-12(15(20)21)14(16-10-11)18(5-2)6-3/h9-10H,4-8H2,1-3H3,(H,17,19)(H,20,21). The van der Waals surface area contributed by atoms with Crippen molar-refractivity contribution in [3.05, 3.63) is 17.8 Å². The van der Waals surface area contributed by atoms with Crippen LogP contribution in [-0.4, -0.2) is 35.1 Å². The number of pyridine rings is 1. The van der Waals surface area contributed by atoms with Gasteiger partial charge >= 0.3 is 5.97 Å². The molecule has 1 aromatic rings. The molecule has 0 aliphatic rings. The summed E-state index contributed by atoms with van der Waals surface area (Å²) in [6.07, 6.45) is 3.68. The Morgan fingerprint density at radius 2 is 1.95 bits per heavy atom. The third-order valence-corrected chi connectivity index (χ3v) is 3.20. The van der Waals surface area contributed by atoms with Gasteiger partial charge in [0.15, 0.2) is 0 Å². The Morgan fingerprint density at radius 1 is 1.29 bits per heavy atom. The van der Waals surface area contributed by atoms with Crippen LogP contribution in [0.3, 0.4) is 0 Å². The van der Waals surface area contributed by atoms with Crippen molar-refractivity contribution in [2.24, 2.45) is 0 Å². The minimum atomic E-state index is -1.05. The van der Waals surface area contributed by atoms with E-state index in [1.54, 1.807) is 0 Å². The molecule has 116 valence electrons. The van der Waals surface area contributed by atoms with E-state index >= 15 is 0 Å². The quantitative estimate of drug-likeness (QED) is 0.770. The average Bonchev–Trinajstić information content (AvgIpc) is 2.47. The molecule has 0 saturated heterocycles. The van der Waals surface area contributed by atoms with Gasteiger partial charge in [-0.2, -0.15) is 0 Å². The summed E-state index contributed by atoms with van der Waals surface area (Å²) in [7, 11) is 0. The van der Waals surface area contributed by atoms with Gasteiger partial charge in [-0.1, -0.05) is 13.3 Å². The molecule has 0 aromatic carbocycles. The number of hydrogen-bond donors (Lipinski definition) is 2. The molecule has 6 nitrogen and oxygen atoms in total. The second-order valence-corrected chi connectivity index (χ2v) is 4.72. The Hall–Kier alpha value is -2.11. The summed E-state index contributed by atoms with van der Waals surface area (Å²) in [4.78, 5) is 29.1. The zero-order chi connectivity index (χ0) is 15.8. The van der Waals surface area contributed by atoms with Crippen LogP contribution in [0.4, 0.5) is 11.5 Å². The van der Waals surface area contributed by atoms with Crippen molar-refractivity contribution in [1.82, 2.24) is 4.98 Å². The third-order valence-electron chi connectivity index (χ3n) is 3.20. The van der Waals surface area contributed by atoms with Crippen LogP contribution in [0.15, 0.2) is 12.3 Å². The highest BCUT2D eigenvalue weighted by molar-refractivity contribution is 5.96. The van der Waals surface area contributed by atoms with Crippen LogP contribution in [-0.2, 0) is 4.79 Å². The van der Waals surface area contributed by atoms with E-state index in [0.717, 1.165) is 12.8 Å². The van der Waals surface area contributed by atoms with Gasteiger partial charge in [0.25, 0.3) is 0 Å². The molecule has 1 aromatic heterocycles. The number of aromatic carboxylic acids is 1. The van der Waals surface area contributed by atoms with Crippen molar-refractivity contribution < 1.29 is 14.7 Å². The maximum Gasteiger partial charge on any atom is 0.339 e. The molecule has 0 unspecified atom stereocenters. The molecule has 0 aliphatic heterocycles. The Kier molecular flexibility index (Phi) is 6.65. The first-order valence-corrected chi connectivity index (χ1v) is 7.31. The molecule has 21 heavy (non-hydrogen) atoms. The summed E-state index contributed by atoms with van der Waals surface area (Å²) in [5.74, 6) is -0.737. The predicted octanol–water partition coefficient (Wildman–Crippen LogP) is 2.75. The van der Waals surface area contributed by atoms with Crippen LogP contribution in [0.1, 0.15) is 50.4 Å². The van der Waals surface area contributed by atoms with E-state index < -0.39 is 5.97 Å². The molecule has 0 radical (unpaired) electrons. The molecule has 0 saturated carbocycles. The monoisotopic (exact) mass is 293 g/mol. The molecule has 0 spiro atoms. The second kappa shape index (κ2) is 8.24. The fraction of sp³-hybridized carbons (Fsp3) is 0.533. The lowest BCUT2D eigenvalue weighted by atomic mass is 10.2. The number of amides is 1. The van der Waals surface area contributed by atoms with Gasteiger partial charge in [0, 0.05) is 19.5 Å². The van der Waals surface area contributed by atoms with Gasteiger partial charge in [-0.25, -0.2) is 9.78 Å². The zero-order valence-electron chi connectivity index (χ0n) is 12.8. The van der Waals surface area contributed by atoms with Crippen molar-refractivity contribution in [3.8, 4) is 0 Å². The van der Waals surface area contributed by atoms with E-state index in [2.05, 4.69) is 10.3 Å². The summed E-state index contributed by atoms with van der Waals surface area (Å²) in [6, 6.07) is 1.47. The molecule has 2 N–H and O–H groups in total. The van der Waals surface area contributed by atoms with E-state index in [9.17, 15) is 14.7 Å². The van der Waals surface area contributed by atoms with Crippen LogP contribution in [0.25, 0.3) is 0 Å². The maximum atomic E-state index is 11.7. The largest absolute Gasteiger partial charge is 0.478 e. The van der Waals surface area contributed by atoms with Crippen LogP contribution in [0.2, 0.25) is 0 Å². The van der Waals surface area contributed by atoms with Gasteiger partial charge in [0.2, 0.25) is 5.91 Å². The lowest BCUT2D eigenvalue weighted by Gasteiger charge is -2.21. The number of hydrogen-bond acceptors (Lipinski definition) is 4. The van der Waals surface area contributed by atoms with Crippen molar-refractivity contribution >= 4 is 23.4 Å². The number of carboxylic acid groups (broad SMARTS) is 1. The maximum absolute atomic E-state index is 11.7. The van der Waals surface area contributed by atoms with Crippen molar-refractivity contribution in [2.45, 2.75) is 40.0 Å². The van der Waals surface area contributed by atoms with Gasteiger partial charge in [-0.3, -0.25) is 4.79 Å². The van der Waals surface area contributed by atoms with Crippen LogP contribution < -0.4 is 10.2 Å². The SMILES string of the molecule is CCCCC(=O)Nc1cnc(N(CC)CC)c(C(=O)O)c1. The summed E-state index contributed by atoms with van der Waals surface area (Å²) in [5, 5.41) is 12.0. The van der Waals surface area contributed by atoms with Gasteiger partial charge in [0.1, 0.15) is 11.4 Å². The number of nitrogens with zero attached hydrogens (tertiary/aromatic N) is 2. The number of aromatic nitrogens is 1. The van der Waals surface area contributed by atoms with Crippen LogP contribution in [0, 0.1) is 0 Å². The zero-order valence-corrected chi connectivity index (χ0v) is 12.8. The predicted molar refractivity (Wildman–Crippen MR) is 82.9 cm³/mol. The highest BCUT2D eigenvalue weighted by Crippen LogP contribution is 2.21. The Balaban J connectivity index is 2.98. The molecular formula is C15H23N3O3. The molecule has 0 atom stereocenters. The highest BCUT2D eigenvalue weighted by Gasteiger charge is 2.17. The van der Waals surface area contributed by atoms with E-state index in [0.29, 0.717) is 31.0 Å². The molecule has 1 heterocycles. The van der Waals surface area contributed by atoms with Crippen LogP contribution >= 0.6 is 0 Å². The van der Waals surface area contributed by atoms with E-state index in [1.807, 2.05) is 25.7 Å². The number of nitrogens with one attached hydrogen (secondary N) is 1. The number of anilines is 2. The highest BCUT2D eigenvalue weighted by atomic mass is 16.4. The second-order valence-electron chi connectivity index (χ2n) is 4.72. The van der Waals surface area contributed by atoms with E-state index in [-0.39, 0.29) is 11.5 Å². The topological polar surface area (TPSA) is 82.5 Å². The van der Waals surface area contributed by atoms with E-state index in [4.69, 9.17) is 0 Å². The molecule has 6 heteroatoms. The van der Waals surface area contributed by atoms with Gasteiger partial charge in [-0.15, -0.1) is 0 Å². The third kappa shape index (κ3) is 4.73. The van der Waals surface area contributed by atoms with Crippen molar-refractivity contribution in [1.29, 1.82) is 0 Å². The Bertz CT molecular complexity index is 499. The minimum absolute atomic E-state index is 0.104. The molecule has 0 fully saturated rings. The summed E-state index contributed by atoms with van der Waals surface area (Å²) in [5.41, 5.74) is 0.524. The first-order chi connectivity index (χ1) is 10.0. The molecule has 1 rings (SSSR count). The number of carboxylic acids is 1. The summed E-state index contributed by atoms with van der Waals surface area (Å²) in [6.45, 7) is 7.24. The molecule has 1 amide bonds. The first kappa shape index (κ1) is 16.9.